The molecule has 2 aliphatic rings. The number of hydrogen-bond donors (Lipinski definition) is 1. The van der Waals surface area contributed by atoms with Crippen molar-refractivity contribution in [2.75, 3.05) is 6.54 Å². The Bertz CT molecular complexity index is 228. The smallest absolute Gasteiger partial charge is 0.00676 e. The van der Waals surface area contributed by atoms with Crippen LogP contribution in [0.15, 0.2) is 0 Å². The number of rotatable bonds is 3. The lowest BCUT2D eigenvalue weighted by Gasteiger charge is -2.39. The summed E-state index contributed by atoms with van der Waals surface area (Å²) in [7, 11) is 0. The van der Waals surface area contributed by atoms with Gasteiger partial charge >= 0.3 is 0 Å². The molecule has 0 atom stereocenters. The van der Waals surface area contributed by atoms with Crippen molar-refractivity contribution in [2.45, 2.75) is 84.6 Å². The third-order valence-corrected chi connectivity index (χ3v) is 5.22. The van der Waals surface area contributed by atoms with Crippen molar-refractivity contribution in [3.05, 3.63) is 0 Å². The first-order valence-electron chi connectivity index (χ1n) is 7.73. The van der Waals surface area contributed by atoms with E-state index in [0.717, 1.165) is 6.04 Å². The summed E-state index contributed by atoms with van der Waals surface area (Å²) in [6.07, 6.45) is 12.9. The van der Waals surface area contributed by atoms with Gasteiger partial charge in [-0.05, 0) is 49.4 Å². The van der Waals surface area contributed by atoms with Crippen LogP contribution in [0.25, 0.3) is 0 Å². The van der Waals surface area contributed by atoms with Crippen molar-refractivity contribution in [1.29, 1.82) is 0 Å². The molecule has 0 heterocycles. The minimum absolute atomic E-state index is 0.602. The van der Waals surface area contributed by atoms with Crippen LogP contribution in [-0.4, -0.2) is 12.6 Å². The quantitative estimate of drug-likeness (QED) is 0.761. The highest BCUT2D eigenvalue weighted by Gasteiger charge is 2.30. The Morgan fingerprint density at radius 1 is 0.882 bits per heavy atom. The van der Waals surface area contributed by atoms with Crippen molar-refractivity contribution in [3.8, 4) is 0 Å². The Balaban J connectivity index is 1.71. The molecule has 0 unspecified atom stereocenters. The van der Waals surface area contributed by atoms with Gasteiger partial charge in [0.1, 0.15) is 0 Å². The Kier molecular flexibility index (Phi) is 4.18. The largest absolute Gasteiger partial charge is 0.313 e. The molecule has 1 N–H and O–H groups in total. The molecule has 1 heteroatoms. The maximum Gasteiger partial charge on any atom is 0.00676 e. The summed E-state index contributed by atoms with van der Waals surface area (Å²) in [5.41, 5.74) is 1.21. The highest BCUT2D eigenvalue weighted by Crippen LogP contribution is 2.37. The summed E-state index contributed by atoms with van der Waals surface area (Å²) >= 11 is 0. The second-order valence-electron chi connectivity index (χ2n) is 7.69. The average molecular weight is 237 g/mol. The molecule has 17 heavy (non-hydrogen) atoms. The van der Waals surface area contributed by atoms with Crippen LogP contribution in [-0.2, 0) is 0 Å². The van der Waals surface area contributed by atoms with Gasteiger partial charge in [-0.3, -0.25) is 0 Å². The molecular weight excluding hydrogens is 206 g/mol. The summed E-state index contributed by atoms with van der Waals surface area (Å²) in [6.45, 7) is 8.60. The number of hydrogen-bond acceptors (Lipinski definition) is 1. The summed E-state index contributed by atoms with van der Waals surface area (Å²) in [5.74, 6) is 0. The highest BCUT2D eigenvalue weighted by atomic mass is 14.9. The monoisotopic (exact) mass is 237 g/mol. The molecule has 1 nitrogen and oxygen atoms in total. The van der Waals surface area contributed by atoms with Crippen LogP contribution < -0.4 is 5.32 Å². The molecule has 0 saturated heterocycles. The standard InChI is InChI=1S/C16H31N/c1-15(2)11-7-14(8-12-15)17-13-16(3)9-5-4-6-10-16/h14,17H,4-13H2,1-3H3. The zero-order valence-corrected chi connectivity index (χ0v) is 12.1. The lowest BCUT2D eigenvalue weighted by atomic mass is 9.74. The fourth-order valence-corrected chi connectivity index (χ4v) is 3.58. The van der Waals surface area contributed by atoms with E-state index >= 15 is 0 Å². The summed E-state index contributed by atoms with van der Waals surface area (Å²) in [6, 6.07) is 0.807. The molecule has 0 amide bonds. The first-order chi connectivity index (χ1) is 7.99. The van der Waals surface area contributed by atoms with Crippen LogP contribution in [0.2, 0.25) is 0 Å². The SMILES string of the molecule is CC1(C)CCC(NCC2(C)CCCCC2)CC1. The van der Waals surface area contributed by atoms with E-state index in [0.29, 0.717) is 10.8 Å². The lowest BCUT2D eigenvalue weighted by molar-refractivity contribution is 0.166. The van der Waals surface area contributed by atoms with Crippen molar-refractivity contribution in [3.63, 3.8) is 0 Å². The summed E-state index contributed by atoms with van der Waals surface area (Å²) in [5, 5.41) is 3.87. The molecule has 100 valence electrons. The molecule has 2 fully saturated rings. The highest BCUT2D eigenvalue weighted by molar-refractivity contribution is 4.86. The fourth-order valence-electron chi connectivity index (χ4n) is 3.58. The van der Waals surface area contributed by atoms with Gasteiger partial charge in [0.05, 0.1) is 0 Å². The van der Waals surface area contributed by atoms with Crippen LogP contribution in [0, 0.1) is 10.8 Å². The van der Waals surface area contributed by atoms with Crippen molar-refractivity contribution >= 4 is 0 Å². The zero-order chi connectivity index (χ0) is 12.4. The van der Waals surface area contributed by atoms with Gasteiger partial charge in [0.15, 0.2) is 0 Å². The molecule has 2 saturated carbocycles. The van der Waals surface area contributed by atoms with Gasteiger partial charge in [-0.1, -0.05) is 40.0 Å². The van der Waals surface area contributed by atoms with E-state index < -0.39 is 0 Å². The molecule has 2 rings (SSSR count). The summed E-state index contributed by atoms with van der Waals surface area (Å²) < 4.78 is 0. The van der Waals surface area contributed by atoms with Crippen LogP contribution in [0.1, 0.15) is 78.6 Å². The van der Waals surface area contributed by atoms with E-state index in [1.807, 2.05) is 0 Å². The maximum absolute atomic E-state index is 3.87. The second-order valence-corrected chi connectivity index (χ2v) is 7.69. The van der Waals surface area contributed by atoms with Crippen molar-refractivity contribution in [1.82, 2.24) is 5.32 Å². The first kappa shape index (κ1) is 13.4. The van der Waals surface area contributed by atoms with Gasteiger partial charge < -0.3 is 5.32 Å². The molecule has 0 spiro atoms. The molecule has 0 radical (unpaired) electrons. The van der Waals surface area contributed by atoms with Gasteiger partial charge in [-0.15, -0.1) is 0 Å². The van der Waals surface area contributed by atoms with E-state index in [1.165, 1.54) is 64.3 Å². The average Bonchev–Trinajstić information content (AvgIpc) is 2.29. The maximum atomic E-state index is 3.87. The van der Waals surface area contributed by atoms with Gasteiger partial charge in [-0.25, -0.2) is 0 Å². The minimum atomic E-state index is 0.602. The Hall–Kier alpha value is -0.0400. The van der Waals surface area contributed by atoms with E-state index in [1.54, 1.807) is 0 Å². The number of nitrogens with one attached hydrogen (secondary N) is 1. The van der Waals surface area contributed by atoms with E-state index in [2.05, 4.69) is 26.1 Å². The molecule has 0 bridgehead atoms. The van der Waals surface area contributed by atoms with E-state index in [4.69, 9.17) is 0 Å². The van der Waals surface area contributed by atoms with Crippen LogP contribution in [0.4, 0.5) is 0 Å². The third kappa shape index (κ3) is 3.98. The van der Waals surface area contributed by atoms with Gasteiger partial charge in [0, 0.05) is 12.6 Å². The molecule has 0 aromatic carbocycles. The first-order valence-corrected chi connectivity index (χ1v) is 7.73. The normalized spacial score (nSPS) is 29.1. The molecule has 2 aliphatic carbocycles. The van der Waals surface area contributed by atoms with Crippen LogP contribution in [0.5, 0.6) is 0 Å². The van der Waals surface area contributed by atoms with E-state index in [-0.39, 0.29) is 0 Å². The second kappa shape index (κ2) is 5.30. The Labute approximate surface area is 108 Å². The zero-order valence-electron chi connectivity index (χ0n) is 12.1. The predicted molar refractivity (Wildman–Crippen MR) is 75.2 cm³/mol. The molecule has 0 aliphatic heterocycles. The lowest BCUT2D eigenvalue weighted by Crippen LogP contribution is -2.42. The van der Waals surface area contributed by atoms with Gasteiger partial charge in [0.2, 0.25) is 0 Å². The Morgan fingerprint density at radius 2 is 1.47 bits per heavy atom. The van der Waals surface area contributed by atoms with Crippen LogP contribution >= 0.6 is 0 Å². The van der Waals surface area contributed by atoms with Gasteiger partial charge in [-0.2, -0.15) is 0 Å². The van der Waals surface area contributed by atoms with Gasteiger partial charge in [0.25, 0.3) is 0 Å². The topological polar surface area (TPSA) is 12.0 Å². The van der Waals surface area contributed by atoms with E-state index in [9.17, 15) is 0 Å². The Morgan fingerprint density at radius 3 is 2.06 bits per heavy atom. The third-order valence-electron chi connectivity index (χ3n) is 5.22. The molecular formula is C16H31N. The van der Waals surface area contributed by atoms with Crippen molar-refractivity contribution in [2.24, 2.45) is 10.8 Å². The summed E-state index contributed by atoms with van der Waals surface area (Å²) in [4.78, 5) is 0. The predicted octanol–water partition coefficient (Wildman–Crippen LogP) is 4.52. The van der Waals surface area contributed by atoms with Crippen molar-refractivity contribution < 1.29 is 0 Å². The minimum Gasteiger partial charge on any atom is -0.313 e. The fraction of sp³-hybridized carbons (Fsp3) is 1.00. The molecule has 0 aromatic heterocycles. The molecule has 0 aromatic rings. The van der Waals surface area contributed by atoms with Crippen LogP contribution in [0.3, 0.4) is 0 Å².